The van der Waals surface area contributed by atoms with Crippen molar-refractivity contribution >= 4 is 39.4 Å². The lowest BCUT2D eigenvalue weighted by molar-refractivity contribution is 0.856. The standard InChI is InChI=1S/C11H11BrClN5/c1-18(6-7-3-2-4-8(12)5-7)11-16-9(13)15-10(14)17-11/h2-5H,6H2,1H3,(H2,14,15,16,17). The molecule has 0 aliphatic heterocycles. The van der Waals surface area contributed by atoms with Crippen molar-refractivity contribution in [3.8, 4) is 0 Å². The van der Waals surface area contributed by atoms with Gasteiger partial charge in [-0.1, -0.05) is 28.1 Å². The van der Waals surface area contributed by atoms with E-state index in [-0.39, 0.29) is 11.2 Å². The summed E-state index contributed by atoms with van der Waals surface area (Å²) in [6, 6.07) is 8.00. The van der Waals surface area contributed by atoms with Crippen LogP contribution in [0.15, 0.2) is 28.7 Å². The minimum absolute atomic E-state index is 0.0959. The third-order valence-corrected chi connectivity index (χ3v) is 2.93. The van der Waals surface area contributed by atoms with Crippen molar-refractivity contribution in [1.82, 2.24) is 15.0 Å². The van der Waals surface area contributed by atoms with E-state index < -0.39 is 0 Å². The summed E-state index contributed by atoms with van der Waals surface area (Å²) in [7, 11) is 1.87. The fourth-order valence-corrected chi connectivity index (χ4v) is 2.11. The highest BCUT2D eigenvalue weighted by Crippen LogP contribution is 2.16. The van der Waals surface area contributed by atoms with Gasteiger partial charge in [0.25, 0.3) is 0 Å². The number of rotatable bonds is 3. The van der Waals surface area contributed by atoms with Crippen LogP contribution in [0.2, 0.25) is 5.28 Å². The van der Waals surface area contributed by atoms with Gasteiger partial charge in [-0.15, -0.1) is 0 Å². The Hall–Kier alpha value is -1.40. The van der Waals surface area contributed by atoms with Crippen LogP contribution in [0.1, 0.15) is 5.56 Å². The van der Waals surface area contributed by atoms with Gasteiger partial charge in [0.1, 0.15) is 0 Å². The lowest BCUT2D eigenvalue weighted by Crippen LogP contribution is -2.20. The number of hydrogen-bond acceptors (Lipinski definition) is 5. The minimum Gasteiger partial charge on any atom is -0.368 e. The third-order valence-electron chi connectivity index (χ3n) is 2.26. The van der Waals surface area contributed by atoms with E-state index in [9.17, 15) is 0 Å². The molecule has 0 atom stereocenters. The summed E-state index contributed by atoms with van der Waals surface area (Å²) in [4.78, 5) is 13.6. The highest BCUT2D eigenvalue weighted by atomic mass is 79.9. The molecule has 0 amide bonds. The molecule has 0 unspecified atom stereocenters. The first kappa shape index (κ1) is 13.0. The number of benzene rings is 1. The molecule has 5 nitrogen and oxygen atoms in total. The molecule has 0 fully saturated rings. The Morgan fingerprint density at radius 3 is 2.78 bits per heavy atom. The second-order valence-corrected chi connectivity index (χ2v) is 5.00. The zero-order valence-electron chi connectivity index (χ0n) is 9.64. The SMILES string of the molecule is CN(Cc1cccc(Br)c1)c1nc(N)nc(Cl)n1. The van der Waals surface area contributed by atoms with E-state index in [2.05, 4.69) is 30.9 Å². The number of nitrogens with zero attached hydrogens (tertiary/aromatic N) is 4. The Balaban J connectivity index is 2.19. The van der Waals surface area contributed by atoms with Crippen molar-refractivity contribution in [2.45, 2.75) is 6.54 Å². The molecule has 0 radical (unpaired) electrons. The van der Waals surface area contributed by atoms with Gasteiger partial charge in [-0.3, -0.25) is 0 Å². The molecule has 0 aliphatic carbocycles. The molecule has 2 rings (SSSR count). The summed E-state index contributed by atoms with van der Waals surface area (Å²) in [5.41, 5.74) is 6.66. The Kier molecular flexibility index (Phi) is 3.98. The molecule has 7 heteroatoms. The smallest absolute Gasteiger partial charge is 0.231 e. The van der Waals surface area contributed by atoms with Crippen LogP contribution in [-0.2, 0) is 6.54 Å². The number of aromatic nitrogens is 3. The van der Waals surface area contributed by atoms with Gasteiger partial charge < -0.3 is 10.6 Å². The monoisotopic (exact) mass is 327 g/mol. The van der Waals surface area contributed by atoms with Crippen LogP contribution in [0.3, 0.4) is 0 Å². The quantitative estimate of drug-likeness (QED) is 0.937. The first-order valence-electron chi connectivity index (χ1n) is 5.17. The summed E-state index contributed by atoms with van der Waals surface area (Å²) in [5, 5.41) is 0.0959. The van der Waals surface area contributed by atoms with Crippen molar-refractivity contribution < 1.29 is 0 Å². The maximum atomic E-state index is 5.75. The summed E-state index contributed by atoms with van der Waals surface area (Å²) >= 11 is 9.18. The zero-order valence-corrected chi connectivity index (χ0v) is 12.0. The van der Waals surface area contributed by atoms with Crippen LogP contribution in [0.4, 0.5) is 11.9 Å². The Morgan fingerprint density at radius 1 is 1.33 bits per heavy atom. The van der Waals surface area contributed by atoms with Gasteiger partial charge in [-0.25, -0.2) is 0 Å². The van der Waals surface area contributed by atoms with E-state index in [1.165, 1.54) is 0 Å². The largest absolute Gasteiger partial charge is 0.368 e. The molecule has 0 spiro atoms. The van der Waals surface area contributed by atoms with E-state index in [4.69, 9.17) is 17.3 Å². The van der Waals surface area contributed by atoms with Crippen LogP contribution in [0.5, 0.6) is 0 Å². The summed E-state index contributed by atoms with van der Waals surface area (Å²) in [6.07, 6.45) is 0. The summed E-state index contributed by atoms with van der Waals surface area (Å²) < 4.78 is 1.03. The number of nitrogens with two attached hydrogens (primary N) is 1. The fraction of sp³-hybridized carbons (Fsp3) is 0.182. The summed E-state index contributed by atoms with van der Waals surface area (Å²) in [5.74, 6) is 0.568. The molecule has 1 heterocycles. The molecule has 0 aliphatic rings. The predicted octanol–water partition coefficient (Wildman–Crippen LogP) is 2.51. The van der Waals surface area contributed by atoms with Gasteiger partial charge in [0.05, 0.1) is 0 Å². The van der Waals surface area contributed by atoms with Crippen molar-refractivity contribution in [2.24, 2.45) is 0 Å². The molecule has 0 saturated carbocycles. The van der Waals surface area contributed by atoms with Gasteiger partial charge in [-0.2, -0.15) is 15.0 Å². The lowest BCUT2D eigenvalue weighted by Gasteiger charge is -2.17. The van der Waals surface area contributed by atoms with Crippen LogP contribution in [-0.4, -0.2) is 22.0 Å². The molecule has 1 aromatic carbocycles. The Morgan fingerprint density at radius 2 is 2.11 bits per heavy atom. The van der Waals surface area contributed by atoms with Crippen LogP contribution >= 0.6 is 27.5 Å². The van der Waals surface area contributed by atoms with Crippen molar-refractivity contribution in [3.05, 3.63) is 39.6 Å². The number of halogens is 2. The average molecular weight is 329 g/mol. The molecule has 2 N–H and O–H groups in total. The maximum absolute atomic E-state index is 5.75. The molecule has 2 aromatic rings. The molecule has 0 saturated heterocycles. The zero-order chi connectivity index (χ0) is 13.1. The molecule has 18 heavy (non-hydrogen) atoms. The first-order chi connectivity index (χ1) is 8.54. The number of hydrogen-bond donors (Lipinski definition) is 1. The van der Waals surface area contributed by atoms with Gasteiger partial charge in [-0.05, 0) is 29.3 Å². The molecule has 0 bridgehead atoms. The van der Waals surface area contributed by atoms with E-state index in [0.717, 1.165) is 10.0 Å². The second-order valence-electron chi connectivity index (χ2n) is 3.75. The topological polar surface area (TPSA) is 67.9 Å². The highest BCUT2D eigenvalue weighted by molar-refractivity contribution is 9.10. The molecular formula is C11H11BrClN5. The van der Waals surface area contributed by atoms with Crippen molar-refractivity contribution in [2.75, 3.05) is 17.7 Å². The molecule has 94 valence electrons. The third kappa shape index (κ3) is 3.30. The van der Waals surface area contributed by atoms with Crippen LogP contribution in [0, 0.1) is 0 Å². The van der Waals surface area contributed by atoms with Gasteiger partial charge in [0, 0.05) is 18.1 Å². The van der Waals surface area contributed by atoms with Gasteiger partial charge in [0.2, 0.25) is 17.2 Å². The second kappa shape index (κ2) is 5.49. The first-order valence-corrected chi connectivity index (χ1v) is 6.34. The predicted molar refractivity (Wildman–Crippen MR) is 75.5 cm³/mol. The van der Waals surface area contributed by atoms with Gasteiger partial charge in [0.15, 0.2) is 0 Å². The van der Waals surface area contributed by atoms with Gasteiger partial charge >= 0.3 is 0 Å². The number of nitrogen functional groups attached to an aromatic ring is 1. The Labute approximate surface area is 118 Å². The highest BCUT2D eigenvalue weighted by Gasteiger charge is 2.08. The number of anilines is 2. The van der Waals surface area contributed by atoms with E-state index >= 15 is 0 Å². The Bertz CT molecular complexity index is 543. The van der Waals surface area contributed by atoms with Crippen LogP contribution < -0.4 is 10.6 Å². The van der Waals surface area contributed by atoms with Crippen molar-refractivity contribution in [3.63, 3.8) is 0 Å². The van der Waals surface area contributed by atoms with E-state index in [0.29, 0.717) is 12.5 Å². The normalized spacial score (nSPS) is 10.4. The van der Waals surface area contributed by atoms with E-state index in [1.54, 1.807) is 0 Å². The maximum Gasteiger partial charge on any atom is 0.231 e. The van der Waals surface area contributed by atoms with Crippen molar-refractivity contribution in [1.29, 1.82) is 0 Å². The summed E-state index contributed by atoms with van der Waals surface area (Å²) in [6.45, 7) is 0.652. The lowest BCUT2D eigenvalue weighted by atomic mass is 10.2. The average Bonchev–Trinajstić information content (AvgIpc) is 2.27. The van der Waals surface area contributed by atoms with Crippen LogP contribution in [0.25, 0.3) is 0 Å². The molecule has 1 aromatic heterocycles. The van der Waals surface area contributed by atoms with E-state index in [1.807, 2.05) is 36.2 Å². The fourth-order valence-electron chi connectivity index (χ4n) is 1.51. The minimum atomic E-state index is 0.0959. The molecular weight excluding hydrogens is 318 g/mol.